The lowest BCUT2D eigenvalue weighted by Gasteiger charge is -2.36. The first kappa shape index (κ1) is 18.5. The summed E-state index contributed by atoms with van der Waals surface area (Å²) >= 11 is 0. The van der Waals surface area contributed by atoms with Crippen LogP contribution in [0.15, 0.2) is 24.3 Å². The molecule has 1 aromatic rings. The summed E-state index contributed by atoms with van der Waals surface area (Å²) in [7, 11) is 0. The zero-order valence-corrected chi connectivity index (χ0v) is 14.8. The summed E-state index contributed by atoms with van der Waals surface area (Å²) in [6.07, 6.45) is 1.40. The van der Waals surface area contributed by atoms with Gasteiger partial charge < -0.3 is 15.3 Å². The van der Waals surface area contributed by atoms with Gasteiger partial charge in [-0.2, -0.15) is 0 Å². The van der Waals surface area contributed by atoms with Crippen LogP contribution in [0.5, 0.6) is 0 Å². The molecule has 0 aromatic heterocycles. The van der Waals surface area contributed by atoms with Crippen molar-refractivity contribution in [1.82, 2.24) is 10.2 Å². The molecule has 0 radical (unpaired) electrons. The molecule has 1 heterocycles. The second kappa shape index (κ2) is 8.29. The summed E-state index contributed by atoms with van der Waals surface area (Å²) in [6, 6.07) is 7.84. The zero-order valence-electron chi connectivity index (χ0n) is 14.8. The molecule has 3 unspecified atom stereocenters. The molecule has 24 heavy (non-hydrogen) atoms. The standard InChI is InChI=1S/C19H28N2O3/c1-13(10-14(2)22)12-20-19(24)11-18-17-7-5-4-6-16(17)8-9-21(18)15(3)23/h4-7,13-14,18,22H,8-12H2,1-3H3,(H,20,24). The monoisotopic (exact) mass is 332 g/mol. The maximum atomic E-state index is 12.4. The minimum atomic E-state index is -0.365. The van der Waals surface area contributed by atoms with Crippen LogP contribution < -0.4 is 5.32 Å². The quantitative estimate of drug-likeness (QED) is 0.837. The van der Waals surface area contributed by atoms with Gasteiger partial charge in [0.05, 0.1) is 18.6 Å². The number of aliphatic hydroxyl groups excluding tert-OH is 1. The summed E-state index contributed by atoms with van der Waals surface area (Å²) in [5, 5.41) is 12.3. The van der Waals surface area contributed by atoms with Gasteiger partial charge in [-0.25, -0.2) is 0 Å². The molecule has 0 bridgehead atoms. The topological polar surface area (TPSA) is 69.6 Å². The van der Waals surface area contributed by atoms with Gasteiger partial charge in [-0.3, -0.25) is 9.59 Å². The maximum Gasteiger partial charge on any atom is 0.222 e. The number of carbonyl (C=O) groups excluding carboxylic acids is 2. The van der Waals surface area contributed by atoms with Crippen LogP contribution in [0.2, 0.25) is 0 Å². The van der Waals surface area contributed by atoms with Gasteiger partial charge in [-0.05, 0) is 36.8 Å². The van der Waals surface area contributed by atoms with E-state index in [2.05, 4.69) is 11.4 Å². The second-order valence-corrected chi connectivity index (χ2v) is 6.88. The van der Waals surface area contributed by atoms with Crippen LogP contribution >= 0.6 is 0 Å². The van der Waals surface area contributed by atoms with E-state index < -0.39 is 0 Å². The Bertz CT molecular complexity index is 586. The van der Waals surface area contributed by atoms with Gasteiger partial charge in [-0.1, -0.05) is 31.2 Å². The third-order valence-electron chi connectivity index (χ3n) is 4.59. The van der Waals surface area contributed by atoms with E-state index in [1.165, 1.54) is 5.56 Å². The molecule has 132 valence electrons. The highest BCUT2D eigenvalue weighted by Crippen LogP contribution is 2.32. The highest BCUT2D eigenvalue weighted by Gasteiger charge is 2.30. The van der Waals surface area contributed by atoms with E-state index in [-0.39, 0.29) is 36.3 Å². The average Bonchev–Trinajstić information content (AvgIpc) is 2.52. The van der Waals surface area contributed by atoms with E-state index >= 15 is 0 Å². The van der Waals surface area contributed by atoms with Gasteiger partial charge >= 0.3 is 0 Å². The zero-order chi connectivity index (χ0) is 17.7. The predicted octanol–water partition coefficient (Wildman–Crippen LogP) is 2.05. The predicted molar refractivity (Wildman–Crippen MR) is 93.4 cm³/mol. The van der Waals surface area contributed by atoms with Crippen molar-refractivity contribution in [3.05, 3.63) is 35.4 Å². The van der Waals surface area contributed by atoms with E-state index in [4.69, 9.17) is 0 Å². The highest BCUT2D eigenvalue weighted by atomic mass is 16.3. The van der Waals surface area contributed by atoms with Crippen molar-refractivity contribution in [2.75, 3.05) is 13.1 Å². The number of benzene rings is 1. The number of carbonyl (C=O) groups is 2. The first-order valence-corrected chi connectivity index (χ1v) is 8.68. The lowest BCUT2D eigenvalue weighted by molar-refractivity contribution is -0.133. The summed E-state index contributed by atoms with van der Waals surface area (Å²) in [5.74, 6) is 0.168. The van der Waals surface area contributed by atoms with E-state index in [9.17, 15) is 14.7 Å². The van der Waals surface area contributed by atoms with Gasteiger partial charge in [-0.15, -0.1) is 0 Å². The molecule has 0 saturated heterocycles. The first-order chi connectivity index (χ1) is 11.4. The normalized spacial score (nSPS) is 19.3. The van der Waals surface area contributed by atoms with Crippen LogP contribution in [0.4, 0.5) is 0 Å². The molecule has 0 saturated carbocycles. The molecular formula is C19H28N2O3. The number of aliphatic hydroxyl groups is 1. The molecule has 3 atom stereocenters. The van der Waals surface area contributed by atoms with E-state index in [0.29, 0.717) is 19.5 Å². The number of fused-ring (bicyclic) bond motifs is 1. The van der Waals surface area contributed by atoms with Crippen LogP contribution in [-0.4, -0.2) is 41.0 Å². The fourth-order valence-corrected chi connectivity index (χ4v) is 3.45. The Morgan fingerprint density at radius 2 is 2.04 bits per heavy atom. The molecule has 5 nitrogen and oxygen atoms in total. The molecule has 0 spiro atoms. The van der Waals surface area contributed by atoms with Crippen molar-refractivity contribution in [2.45, 2.75) is 52.2 Å². The van der Waals surface area contributed by atoms with Gasteiger partial charge in [0.2, 0.25) is 11.8 Å². The van der Waals surface area contributed by atoms with Crippen LogP contribution in [-0.2, 0) is 16.0 Å². The molecule has 1 aliphatic heterocycles. The number of hydrogen-bond acceptors (Lipinski definition) is 3. The van der Waals surface area contributed by atoms with Crippen LogP contribution in [0.25, 0.3) is 0 Å². The fraction of sp³-hybridized carbons (Fsp3) is 0.579. The van der Waals surface area contributed by atoms with Crippen molar-refractivity contribution in [3.63, 3.8) is 0 Å². The van der Waals surface area contributed by atoms with Crippen molar-refractivity contribution in [1.29, 1.82) is 0 Å². The molecule has 5 heteroatoms. The molecule has 2 N–H and O–H groups in total. The third kappa shape index (κ3) is 4.81. The van der Waals surface area contributed by atoms with Crippen LogP contribution in [0.3, 0.4) is 0 Å². The van der Waals surface area contributed by atoms with Crippen LogP contribution in [0.1, 0.15) is 50.8 Å². The second-order valence-electron chi connectivity index (χ2n) is 6.88. The van der Waals surface area contributed by atoms with Gasteiger partial charge in [0.15, 0.2) is 0 Å². The smallest absolute Gasteiger partial charge is 0.222 e. The SMILES string of the molecule is CC(=O)N1CCc2ccccc2C1CC(=O)NCC(C)CC(C)O. The number of rotatable bonds is 6. The minimum Gasteiger partial charge on any atom is -0.393 e. The van der Waals surface area contributed by atoms with Crippen molar-refractivity contribution in [2.24, 2.45) is 5.92 Å². The molecule has 1 aromatic carbocycles. The van der Waals surface area contributed by atoms with E-state index in [0.717, 1.165) is 12.0 Å². The molecule has 0 aliphatic carbocycles. The molecule has 1 aliphatic rings. The highest BCUT2D eigenvalue weighted by molar-refractivity contribution is 5.79. The summed E-state index contributed by atoms with van der Waals surface area (Å²) < 4.78 is 0. The van der Waals surface area contributed by atoms with Gasteiger partial charge in [0.25, 0.3) is 0 Å². The van der Waals surface area contributed by atoms with Crippen molar-refractivity contribution >= 4 is 11.8 Å². The molecule has 2 rings (SSSR count). The Labute approximate surface area is 144 Å². The van der Waals surface area contributed by atoms with Crippen LogP contribution in [0, 0.1) is 5.92 Å². The lowest BCUT2D eigenvalue weighted by Crippen LogP contribution is -2.41. The third-order valence-corrected chi connectivity index (χ3v) is 4.59. The Kier molecular flexibility index (Phi) is 6.37. The molecule has 0 fully saturated rings. The number of amides is 2. The molecule has 2 amide bonds. The number of nitrogens with zero attached hydrogens (tertiary/aromatic N) is 1. The summed E-state index contributed by atoms with van der Waals surface area (Å²) in [4.78, 5) is 26.1. The Morgan fingerprint density at radius 1 is 1.33 bits per heavy atom. The van der Waals surface area contributed by atoms with E-state index in [1.54, 1.807) is 18.7 Å². The summed E-state index contributed by atoms with van der Waals surface area (Å²) in [5.41, 5.74) is 2.29. The number of hydrogen-bond donors (Lipinski definition) is 2. The fourth-order valence-electron chi connectivity index (χ4n) is 3.45. The first-order valence-electron chi connectivity index (χ1n) is 8.68. The maximum absolute atomic E-state index is 12.4. The average molecular weight is 332 g/mol. The molecular weight excluding hydrogens is 304 g/mol. The van der Waals surface area contributed by atoms with E-state index in [1.807, 2.05) is 25.1 Å². The summed E-state index contributed by atoms with van der Waals surface area (Å²) in [6.45, 7) is 6.51. The Hall–Kier alpha value is -1.88. The largest absolute Gasteiger partial charge is 0.393 e. The van der Waals surface area contributed by atoms with Gasteiger partial charge in [0, 0.05) is 20.0 Å². The Morgan fingerprint density at radius 3 is 2.71 bits per heavy atom. The number of nitrogens with one attached hydrogen (secondary N) is 1. The minimum absolute atomic E-state index is 0.00442. The Balaban J connectivity index is 2.02. The van der Waals surface area contributed by atoms with Crippen molar-refractivity contribution in [3.8, 4) is 0 Å². The van der Waals surface area contributed by atoms with Crippen molar-refractivity contribution < 1.29 is 14.7 Å². The van der Waals surface area contributed by atoms with Gasteiger partial charge in [0.1, 0.15) is 0 Å². The lowest BCUT2D eigenvalue weighted by atomic mass is 9.90.